The van der Waals surface area contributed by atoms with Gasteiger partial charge in [0.2, 0.25) is 0 Å². The van der Waals surface area contributed by atoms with E-state index >= 15 is 0 Å². The van der Waals surface area contributed by atoms with Gasteiger partial charge in [-0.1, -0.05) is 13.0 Å². The summed E-state index contributed by atoms with van der Waals surface area (Å²) < 4.78 is 21.5. The largest absolute Gasteiger partial charge is 0.224 e. The van der Waals surface area contributed by atoms with Gasteiger partial charge >= 0.3 is 0 Å². The molecule has 0 heterocycles. The molecule has 0 aliphatic rings. The van der Waals surface area contributed by atoms with Crippen molar-refractivity contribution < 1.29 is 8.42 Å². The van der Waals surface area contributed by atoms with E-state index in [0.29, 0.717) is 6.42 Å². The number of rotatable bonds is 3. The molecule has 0 aromatic rings. The van der Waals surface area contributed by atoms with Gasteiger partial charge in [0.05, 0.1) is 5.75 Å². The topological polar surface area (TPSA) is 34.1 Å². The molecule has 0 N–H and O–H groups in total. The van der Waals surface area contributed by atoms with E-state index in [2.05, 4.69) is 0 Å². The van der Waals surface area contributed by atoms with Crippen molar-refractivity contribution in [3.05, 3.63) is 11.5 Å². The average Bonchev–Trinajstić information content (AvgIpc) is 1.64. The van der Waals surface area contributed by atoms with Crippen LogP contribution in [0.1, 0.15) is 20.3 Å². The van der Waals surface area contributed by atoms with Gasteiger partial charge in [-0.05, 0) is 13.3 Å². The van der Waals surface area contributed by atoms with Crippen LogP contribution < -0.4 is 0 Å². The highest BCUT2D eigenvalue weighted by Gasteiger charge is 2.00. The summed E-state index contributed by atoms with van der Waals surface area (Å²) in [4.78, 5) is 0. The molecule has 2 nitrogen and oxygen atoms in total. The summed E-state index contributed by atoms with van der Waals surface area (Å²) in [5.74, 6) is 0.261. The van der Waals surface area contributed by atoms with Gasteiger partial charge < -0.3 is 0 Å². The monoisotopic (exact) mass is 148 g/mol. The van der Waals surface area contributed by atoms with Crippen molar-refractivity contribution in [1.82, 2.24) is 0 Å². The van der Waals surface area contributed by atoms with Crippen LogP contribution in [-0.4, -0.2) is 14.2 Å². The van der Waals surface area contributed by atoms with Gasteiger partial charge in [-0.2, -0.15) is 0 Å². The Kier molecular flexibility index (Phi) is 3.54. The molecule has 54 valence electrons. The van der Waals surface area contributed by atoms with Crippen LogP contribution in [0.2, 0.25) is 0 Å². The quantitative estimate of drug-likeness (QED) is 0.605. The van der Waals surface area contributed by atoms with Crippen molar-refractivity contribution in [3.63, 3.8) is 0 Å². The predicted octanol–water partition coefficient (Wildman–Crippen LogP) is 1.34. The van der Waals surface area contributed by atoms with Crippen molar-refractivity contribution in [2.45, 2.75) is 20.3 Å². The minimum Gasteiger partial charge on any atom is -0.224 e. The Morgan fingerprint density at radius 1 is 1.44 bits per heavy atom. The van der Waals surface area contributed by atoms with Crippen LogP contribution in [0.25, 0.3) is 0 Å². The van der Waals surface area contributed by atoms with Crippen LogP contribution in [0, 0.1) is 0 Å². The van der Waals surface area contributed by atoms with Crippen LogP contribution in [0.5, 0.6) is 0 Å². The van der Waals surface area contributed by atoms with E-state index in [1.807, 2.05) is 6.92 Å². The average molecular weight is 148 g/mol. The third-order valence-electron chi connectivity index (χ3n) is 0.832. The maximum atomic E-state index is 10.7. The van der Waals surface area contributed by atoms with Gasteiger partial charge in [0.25, 0.3) is 0 Å². The van der Waals surface area contributed by atoms with E-state index < -0.39 is 9.84 Å². The SMILES string of the molecule is C/C=C/S(=O)(=O)CCC. The fourth-order valence-corrected chi connectivity index (χ4v) is 1.68. The van der Waals surface area contributed by atoms with E-state index in [-0.39, 0.29) is 5.75 Å². The first-order valence-electron chi connectivity index (χ1n) is 2.98. The summed E-state index contributed by atoms with van der Waals surface area (Å²) in [6.45, 7) is 3.55. The molecule has 3 heteroatoms. The Balaban J connectivity index is 4.05. The summed E-state index contributed by atoms with van der Waals surface area (Å²) in [5, 5.41) is 1.25. The van der Waals surface area contributed by atoms with Crippen molar-refractivity contribution in [1.29, 1.82) is 0 Å². The second kappa shape index (κ2) is 3.67. The molecule has 0 saturated carbocycles. The van der Waals surface area contributed by atoms with Crippen molar-refractivity contribution in [2.75, 3.05) is 5.75 Å². The molecule has 0 aromatic carbocycles. The third kappa shape index (κ3) is 4.21. The summed E-state index contributed by atoms with van der Waals surface area (Å²) >= 11 is 0. The second-order valence-electron chi connectivity index (χ2n) is 1.84. The molecule has 0 aromatic heterocycles. The summed E-state index contributed by atoms with van der Waals surface area (Å²) in [7, 11) is -2.86. The van der Waals surface area contributed by atoms with Crippen molar-refractivity contribution in [2.24, 2.45) is 0 Å². The van der Waals surface area contributed by atoms with Gasteiger partial charge in [0.1, 0.15) is 0 Å². The van der Waals surface area contributed by atoms with Crippen LogP contribution >= 0.6 is 0 Å². The zero-order valence-electron chi connectivity index (χ0n) is 5.79. The molecule has 9 heavy (non-hydrogen) atoms. The zero-order chi connectivity index (χ0) is 7.33. The van der Waals surface area contributed by atoms with E-state index in [1.54, 1.807) is 13.0 Å². The minimum atomic E-state index is -2.86. The predicted molar refractivity (Wildman–Crippen MR) is 38.9 cm³/mol. The molecule has 0 radical (unpaired) electrons. The lowest BCUT2D eigenvalue weighted by Crippen LogP contribution is -1.99. The molecular formula is C6H12O2S. The normalized spacial score (nSPS) is 12.7. The Hall–Kier alpha value is -0.310. The second-order valence-corrected chi connectivity index (χ2v) is 3.84. The Morgan fingerprint density at radius 2 is 2.00 bits per heavy atom. The van der Waals surface area contributed by atoms with Crippen molar-refractivity contribution >= 4 is 9.84 Å². The minimum absolute atomic E-state index is 0.261. The van der Waals surface area contributed by atoms with Gasteiger partial charge in [-0.15, -0.1) is 0 Å². The molecule has 0 bridgehead atoms. The molecule has 0 spiro atoms. The van der Waals surface area contributed by atoms with E-state index in [4.69, 9.17) is 0 Å². The molecule has 0 rings (SSSR count). The number of hydrogen-bond donors (Lipinski definition) is 0. The van der Waals surface area contributed by atoms with E-state index in [1.165, 1.54) is 5.41 Å². The highest BCUT2D eigenvalue weighted by Crippen LogP contribution is 1.93. The fraction of sp³-hybridized carbons (Fsp3) is 0.667. The first kappa shape index (κ1) is 8.69. The summed E-state index contributed by atoms with van der Waals surface area (Å²) in [5.41, 5.74) is 0. The first-order valence-corrected chi connectivity index (χ1v) is 4.69. The standard InChI is InChI=1S/C6H12O2S/c1-3-5-9(7,8)6-4-2/h3,5H,4,6H2,1-2H3/b5-3+. The van der Waals surface area contributed by atoms with Crippen LogP contribution in [0.3, 0.4) is 0 Å². The maximum Gasteiger partial charge on any atom is 0.171 e. The van der Waals surface area contributed by atoms with E-state index in [0.717, 1.165) is 0 Å². The van der Waals surface area contributed by atoms with Crippen LogP contribution in [0.15, 0.2) is 11.5 Å². The number of sulfone groups is 1. The molecule has 0 atom stereocenters. The van der Waals surface area contributed by atoms with Gasteiger partial charge in [-0.3, -0.25) is 0 Å². The van der Waals surface area contributed by atoms with Gasteiger partial charge in [0.15, 0.2) is 9.84 Å². The maximum absolute atomic E-state index is 10.7. The molecule has 0 fully saturated rings. The van der Waals surface area contributed by atoms with Gasteiger partial charge in [0, 0.05) is 5.41 Å². The Bertz CT molecular complexity index is 177. The number of allylic oxidation sites excluding steroid dienone is 1. The first-order chi connectivity index (χ1) is 4.12. The molecule has 0 saturated heterocycles. The summed E-state index contributed by atoms with van der Waals surface area (Å²) in [6.07, 6.45) is 2.23. The molecular weight excluding hydrogens is 136 g/mol. The lowest BCUT2D eigenvalue weighted by atomic mass is 10.6. The lowest BCUT2D eigenvalue weighted by Gasteiger charge is -1.90. The Morgan fingerprint density at radius 3 is 2.33 bits per heavy atom. The smallest absolute Gasteiger partial charge is 0.171 e. The zero-order valence-corrected chi connectivity index (χ0v) is 6.61. The van der Waals surface area contributed by atoms with Gasteiger partial charge in [-0.25, -0.2) is 8.42 Å². The van der Waals surface area contributed by atoms with E-state index in [9.17, 15) is 8.42 Å². The lowest BCUT2D eigenvalue weighted by molar-refractivity contribution is 0.603. The Labute approximate surface area is 56.5 Å². The highest BCUT2D eigenvalue weighted by atomic mass is 32.2. The fourth-order valence-electron chi connectivity index (χ4n) is 0.560. The van der Waals surface area contributed by atoms with Crippen LogP contribution in [-0.2, 0) is 9.84 Å². The van der Waals surface area contributed by atoms with Crippen LogP contribution in [0.4, 0.5) is 0 Å². The van der Waals surface area contributed by atoms with Crippen molar-refractivity contribution in [3.8, 4) is 0 Å². The highest BCUT2D eigenvalue weighted by molar-refractivity contribution is 7.94. The molecule has 0 aliphatic carbocycles. The number of hydrogen-bond acceptors (Lipinski definition) is 2. The molecule has 0 aliphatic heterocycles. The molecule has 0 unspecified atom stereocenters. The summed E-state index contributed by atoms with van der Waals surface area (Å²) in [6, 6.07) is 0. The molecule has 0 amide bonds. The third-order valence-corrected chi connectivity index (χ3v) is 2.50.